The van der Waals surface area contributed by atoms with Crippen molar-refractivity contribution in [2.24, 2.45) is 0 Å². The Morgan fingerprint density at radius 1 is 0.864 bits per heavy atom. The molecule has 4 nitrogen and oxygen atoms in total. The van der Waals surface area contributed by atoms with Crippen molar-refractivity contribution < 1.29 is 9.59 Å². The highest BCUT2D eigenvalue weighted by Gasteiger charge is 1.98. The molecule has 1 aromatic rings. The molecule has 0 saturated heterocycles. The predicted octanol–water partition coefficient (Wildman–Crippen LogP) is 2.60. The van der Waals surface area contributed by atoms with Crippen LogP contribution in [0.3, 0.4) is 0 Å². The molecular formula is C18H28N2O2. The van der Waals surface area contributed by atoms with Gasteiger partial charge >= 0.3 is 0 Å². The first kappa shape index (κ1) is 18.5. The van der Waals surface area contributed by atoms with E-state index in [4.69, 9.17) is 0 Å². The van der Waals surface area contributed by atoms with Gasteiger partial charge in [0, 0.05) is 25.9 Å². The highest BCUT2D eigenvalue weighted by molar-refractivity contribution is 5.75. The summed E-state index contributed by atoms with van der Waals surface area (Å²) in [4.78, 5) is 21.7. The quantitative estimate of drug-likeness (QED) is 0.583. The minimum atomic E-state index is 0.250. The molecule has 0 aliphatic heterocycles. The van der Waals surface area contributed by atoms with Gasteiger partial charge in [0.05, 0.1) is 0 Å². The topological polar surface area (TPSA) is 58.2 Å². The molecule has 1 rings (SSSR count). The lowest BCUT2D eigenvalue weighted by atomic mass is 10.1. The summed E-state index contributed by atoms with van der Waals surface area (Å²) in [7, 11) is 0. The molecule has 1 aromatic carbocycles. The molecule has 0 heterocycles. The van der Waals surface area contributed by atoms with Gasteiger partial charge in [0.2, 0.25) is 0 Å². The van der Waals surface area contributed by atoms with E-state index in [1.165, 1.54) is 11.1 Å². The number of ketones is 2. The number of nitrogens with one attached hydrogen (secondary N) is 2. The van der Waals surface area contributed by atoms with Crippen molar-refractivity contribution in [3.63, 3.8) is 0 Å². The molecule has 0 radical (unpaired) electrons. The fraction of sp³-hybridized carbons (Fsp3) is 0.556. The molecule has 4 heteroatoms. The summed E-state index contributed by atoms with van der Waals surface area (Å²) in [5.41, 5.74) is 2.51. The minimum Gasteiger partial charge on any atom is -0.313 e. The van der Waals surface area contributed by atoms with Crippen molar-refractivity contribution in [2.45, 2.75) is 52.6 Å². The van der Waals surface area contributed by atoms with E-state index < -0.39 is 0 Å². The van der Waals surface area contributed by atoms with E-state index in [2.05, 4.69) is 34.9 Å². The Labute approximate surface area is 133 Å². The van der Waals surface area contributed by atoms with Crippen molar-refractivity contribution >= 4 is 11.6 Å². The van der Waals surface area contributed by atoms with Crippen molar-refractivity contribution in [3.05, 3.63) is 35.4 Å². The van der Waals surface area contributed by atoms with Gasteiger partial charge in [-0.1, -0.05) is 24.3 Å². The zero-order valence-electron chi connectivity index (χ0n) is 13.8. The van der Waals surface area contributed by atoms with Gasteiger partial charge in [-0.15, -0.1) is 0 Å². The van der Waals surface area contributed by atoms with Crippen LogP contribution in [0, 0.1) is 0 Å². The SMILES string of the molecule is CC(=O)CCCNCc1cccc(CNCCCC(C)=O)c1. The monoisotopic (exact) mass is 304 g/mol. The highest BCUT2D eigenvalue weighted by Crippen LogP contribution is 2.05. The first-order valence-corrected chi connectivity index (χ1v) is 8.06. The van der Waals surface area contributed by atoms with Crippen LogP contribution in [-0.4, -0.2) is 24.7 Å². The third kappa shape index (κ3) is 9.42. The van der Waals surface area contributed by atoms with Crippen LogP contribution in [0.2, 0.25) is 0 Å². The van der Waals surface area contributed by atoms with Crippen LogP contribution in [0.4, 0.5) is 0 Å². The van der Waals surface area contributed by atoms with Crippen LogP contribution in [0.25, 0.3) is 0 Å². The maximum atomic E-state index is 10.9. The number of benzene rings is 1. The van der Waals surface area contributed by atoms with Crippen molar-refractivity contribution in [1.82, 2.24) is 10.6 Å². The van der Waals surface area contributed by atoms with Gasteiger partial charge in [-0.3, -0.25) is 0 Å². The van der Waals surface area contributed by atoms with Gasteiger partial charge in [-0.2, -0.15) is 0 Å². The zero-order chi connectivity index (χ0) is 16.2. The Kier molecular flexibility index (Phi) is 9.35. The largest absolute Gasteiger partial charge is 0.313 e. The Bertz CT molecular complexity index is 433. The molecule has 0 unspecified atom stereocenters. The van der Waals surface area contributed by atoms with Crippen molar-refractivity contribution in [2.75, 3.05) is 13.1 Å². The van der Waals surface area contributed by atoms with E-state index in [1.54, 1.807) is 13.8 Å². The van der Waals surface area contributed by atoms with Crippen LogP contribution >= 0.6 is 0 Å². The Morgan fingerprint density at radius 2 is 1.32 bits per heavy atom. The minimum absolute atomic E-state index is 0.250. The number of carbonyl (C=O) groups is 2. The maximum Gasteiger partial charge on any atom is 0.129 e. The summed E-state index contributed by atoms with van der Waals surface area (Å²) in [5.74, 6) is 0.499. The van der Waals surface area contributed by atoms with Gasteiger partial charge in [-0.05, 0) is 50.9 Å². The second kappa shape index (κ2) is 11.1. The summed E-state index contributed by atoms with van der Waals surface area (Å²) in [6.07, 6.45) is 3.09. The van der Waals surface area contributed by atoms with E-state index in [0.717, 1.165) is 39.0 Å². The molecular weight excluding hydrogens is 276 g/mol. The Hall–Kier alpha value is -1.52. The molecule has 2 N–H and O–H groups in total. The first-order chi connectivity index (χ1) is 10.6. The standard InChI is InChI=1S/C18H28N2O2/c1-15(21)6-4-10-19-13-17-8-3-9-18(12-17)14-20-11-5-7-16(2)22/h3,8-9,12,19-20H,4-7,10-11,13-14H2,1-2H3. The van der Waals surface area contributed by atoms with E-state index in [0.29, 0.717) is 12.8 Å². The molecule has 0 aliphatic rings. The molecule has 0 aromatic heterocycles. The van der Waals surface area contributed by atoms with Crippen LogP contribution in [-0.2, 0) is 22.7 Å². The van der Waals surface area contributed by atoms with E-state index in [-0.39, 0.29) is 11.6 Å². The zero-order valence-corrected chi connectivity index (χ0v) is 13.8. The lowest BCUT2D eigenvalue weighted by Crippen LogP contribution is -2.17. The van der Waals surface area contributed by atoms with Crippen LogP contribution in [0.15, 0.2) is 24.3 Å². The number of rotatable bonds is 12. The molecule has 0 bridgehead atoms. The van der Waals surface area contributed by atoms with E-state index in [1.807, 2.05) is 0 Å². The Morgan fingerprint density at radius 3 is 1.73 bits per heavy atom. The van der Waals surface area contributed by atoms with Crippen LogP contribution in [0.1, 0.15) is 50.7 Å². The summed E-state index contributed by atoms with van der Waals surface area (Å²) in [6, 6.07) is 8.48. The normalized spacial score (nSPS) is 10.6. The number of Topliss-reactive ketones (excluding diaryl/α,β-unsaturated/α-hetero) is 2. The summed E-state index contributed by atoms with van der Waals surface area (Å²) >= 11 is 0. The molecule has 122 valence electrons. The molecule has 0 aliphatic carbocycles. The van der Waals surface area contributed by atoms with Crippen LogP contribution in [0.5, 0.6) is 0 Å². The lowest BCUT2D eigenvalue weighted by molar-refractivity contribution is -0.117. The smallest absolute Gasteiger partial charge is 0.129 e. The second-order valence-corrected chi connectivity index (χ2v) is 5.78. The first-order valence-electron chi connectivity index (χ1n) is 8.06. The summed E-state index contributed by atoms with van der Waals surface area (Å²) in [6.45, 7) is 6.66. The van der Waals surface area contributed by atoms with E-state index >= 15 is 0 Å². The molecule has 0 fully saturated rings. The van der Waals surface area contributed by atoms with Crippen molar-refractivity contribution in [3.8, 4) is 0 Å². The third-order valence-corrected chi connectivity index (χ3v) is 3.41. The third-order valence-electron chi connectivity index (χ3n) is 3.41. The van der Waals surface area contributed by atoms with Crippen LogP contribution < -0.4 is 10.6 Å². The highest BCUT2D eigenvalue weighted by atomic mass is 16.1. The molecule has 0 spiro atoms. The summed E-state index contributed by atoms with van der Waals surface area (Å²) < 4.78 is 0. The van der Waals surface area contributed by atoms with Gasteiger partial charge in [0.15, 0.2) is 0 Å². The average Bonchev–Trinajstić information content (AvgIpc) is 2.46. The maximum absolute atomic E-state index is 10.9. The number of hydrogen-bond acceptors (Lipinski definition) is 4. The lowest BCUT2D eigenvalue weighted by Gasteiger charge is -2.08. The van der Waals surface area contributed by atoms with Gasteiger partial charge in [0.25, 0.3) is 0 Å². The summed E-state index contributed by atoms with van der Waals surface area (Å²) in [5, 5.41) is 6.73. The predicted molar refractivity (Wildman–Crippen MR) is 89.7 cm³/mol. The number of carbonyl (C=O) groups excluding carboxylic acids is 2. The molecule has 22 heavy (non-hydrogen) atoms. The Balaban J connectivity index is 2.21. The average molecular weight is 304 g/mol. The van der Waals surface area contributed by atoms with Gasteiger partial charge in [-0.25, -0.2) is 0 Å². The second-order valence-electron chi connectivity index (χ2n) is 5.78. The van der Waals surface area contributed by atoms with Gasteiger partial charge in [0.1, 0.15) is 11.6 Å². The van der Waals surface area contributed by atoms with E-state index in [9.17, 15) is 9.59 Å². The fourth-order valence-electron chi connectivity index (χ4n) is 2.24. The molecule has 0 amide bonds. The van der Waals surface area contributed by atoms with Crippen molar-refractivity contribution in [1.29, 1.82) is 0 Å². The number of hydrogen-bond donors (Lipinski definition) is 2. The van der Waals surface area contributed by atoms with Gasteiger partial charge < -0.3 is 20.2 Å². The fourth-order valence-corrected chi connectivity index (χ4v) is 2.24. The molecule has 0 atom stereocenters. The molecule has 0 saturated carbocycles.